The van der Waals surface area contributed by atoms with E-state index in [0.717, 1.165) is 30.2 Å². The van der Waals surface area contributed by atoms with E-state index in [4.69, 9.17) is 9.84 Å². The van der Waals surface area contributed by atoms with Crippen LogP contribution in [0.3, 0.4) is 0 Å². The minimum Gasteiger partial charge on any atom is -0.465 e. The Morgan fingerprint density at radius 2 is 1.90 bits per heavy atom. The molecule has 3 heterocycles. The summed E-state index contributed by atoms with van der Waals surface area (Å²) in [6.07, 6.45) is 3.16. The van der Waals surface area contributed by atoms with Gasteiger partial charge in [-0.15, -0.1) is 0 Å². The smallest absolute Gasteiger partial charge is 0.404 e. The average Bonchev–Trinajstić information content (AvgIpc) is 3.18. The molecule has 8 heteroatoms. The van der Waals surface area contributed by atoms with E-state index in [-0.39, 0.29) is 6.04 Å². The number of ether oxygens (including phenoxy) is 1. The minimum absolute atomic E-state index is 0.0995. The lowest BCUT2D eigenvalue weighted by molar-refractivity contribution is 0.191. The van der Waals surface area contributed by atoms with Gasteiger partial charge in [-0.05, 0) is 55.0 Å². The van der Waals surface area contributed by atoms with Gasteiger partial charge in [-0.1, -0.05) is 6.07 Å². The standard InChI is InChI=1S/C21H21N5O3/c27-21(28)25-16-10-13-26(14-16)18-4-3-12-23-20(18)29-17-8-6-15(7-9-17)24-19-5-1-2-11-22-19/h1-9,11-12,16,25H,10,13-14H2,(H,22,24)(H,27,28)/t16-/m0/s1. The van der Waals surface area contributed by atoms with Crippen LogP contribution in [0.4, 0.5) is 22.0 Å². The minimum atomic E-state index is -1.00. The molecule has 0 unspecified atom stereocenters. The van der Waals surface area contributed by atoms with E-state index >= 15 is 0 Å². The number of anilines is 3. The van der Waals surface area contributed by atoms with Crippen molar-refractivity contribution in [1.29, 1.82) is 0 Å². The van der Waals surface area contributed by atoms with Crippen molar-refractivity contribution >= 4 is 23.3 Å². The Kier molecular flexibility index (Phi) is 5.42. The van der Waals surface area contributed by atoms with Gasteiger partial charge in [-0.2, -0.15) is 0 Å². The molecule has 1 saturated heterocycles. The summed E-state index contributed by atoms with van der Waals surface area (Å²) in [5.41, 5.74) is 1.75. The number of nitrogens with one attached hydrogen (secondary N) is 2. The van der Waals surface area contributed by atoms with E-state index in [1.165, 1.54) is 0 Å². The highest BCUT2D eigenvalue weighted by atomic mass is 16.5. The van der Waals surface area contributed by atoms with Gasteiger partial charge in [0, 0.05) is 31.2 Å². The summed E-state index contributed by atoms with van der Waals surface area (Å²) in [5.74, 6) is 1.93. The highest BCUT2D eigenvalue weighted by Crippen LogP contribution is 2.32. The Balaban J connectivity index is 1.44. The van der Waals surface area contributed by atoms with Gasteiger partial charge in [0.05, 0.1) is 6.04 Å². The topological polar surface area (TPSA) is 99.6 Å². The van der Waals surface area contributed by atoms with E-state index in [9.17, 15) is 4.79 Å². The first-order valence-electron chi connectivity index (χ1n) is 9.33. The fraction of sp³-hybridized carbons (Fsp3) is 0.190. The summed E-state index contributed by atoms with van der Waals surface area (Å²) < 4.78 is 6.01. The lowest BCUT2D eigenvalue weighted by atomic mass is 10.3. The van der Waals surface area contributed by atoms with Gasteiger partial charge in [0.15, 0.2) is 0 Å². The van der Waals surface area contributed by atoms with Crippen LogP contribution in [0, 0.1) is 0 Å². The second-order valence-corrected chi connectivity index (χ2v) is 6.68. The molecule has 0 spiro atoms. The molecule has 1 aromatic carbocycles. The lowest BCUT2D eigenvalue weighted by Crippen LogP contribution is -2.36. The van der Waals surface area contributed by atoms with E-state index in [1.807, 2.05) is 54.6 Å². The van der Waals surface area contributed by atoms with Crippen molar-refractivity contribution in [2.75, 3.05) is 23.3 Å². The Morgan fingerprint density at radius 3 is 2.66 bits per heavy atom. The maximum atomic E-state index is 10.9. The predicted molar refractivity (Wildman–Crippen MR) is 110 cm³/mol. The molecular formula is C21H21N5O3. The molecule has 0 aliphatic carbocycles. The molecule has 0 bridgehead atoms. The van der Waals surface area contributed by atoms with E-state index in [2.05, 4.69) is 25.5 Å². The number of hydrogen-bond acceptors (Lipinski definition) is 6. The number of carbonyl (C=O) groups is 1. The second-order valence-electron chi connectivity index (χ2n) is 6.68. The van der Waals surface area contributed by atoms with Crippen LogP contribution in [0.15, 0.2) is 67.0 Å². The monoisotopic (exact) mass is 391 g/mol. The quantitative estimate of drug-likeness (QED) is 0.587. The largest absolute Gasteiger partial charge is 0.465 e. The van der Waals surface area contributed by atoms with Crippen LogP contribution < -0.4 is 20.3 Å². The summed E-state index contributed by atoms with van der Waals surface area (Å²) >= 11 is 0. The van der Waals surface area contributed by atoms with Crippen molar-refractivity contribution in [2.24, 2.45) is 0 Å². The van der Waals surface area contributed by atoms with E-state index in [0.29, 0.717) is 18.2 Å². The summed E-state index contributed by atoms with van der Waals surface area (Å²) in [7, 11) is 0. The maximum Gasteiger partial charge on any atom is 0.404 e. The molecule has 8 nitrogen and oxygen atoms in total. The summed E-state index contributed by atoms with van der Waals surface area (Å²) in [5, 5.41) is 14.7. The molecule has 148 valence electrons. The molecule has 1 aliphatic heterocycles. The zero-order valence-corrected chi connectivity index (χ0v) is 15.7. The first-order valence-corrected chi connectivity index (χ1v) is 9.33. The molecule has 4 rings (SSSR count). The zero-order valence-electron chi connectivity index (χ0n) is 15.7. The molecule has 0 saturated carbocycles. The van der Waals surface area contributed by atoms with Crippen molar-refractivity contribution in [3.8, 4) is 11.6 Å². The van der Waals surface area contributed by atoms with Crippen LogP contribution in [0.25, 0.3) is 0 Å². The highest BCUT2D eigenvalue weighted by Gasteiger charge is 2.26. The lowest BCUT2D eigenvalue weighted by Gasteiger charge is -2.21. The fourth-order valence-electron chi connectivity index (χ4n) is 3.28. The van der Waals surface area contributed by atoms with Crippen molar-refractivity contribution in [3.05, 3.63) is 67.0 Å². The van der Waals surface area contributed by atoms with Crippen molar-refractivity contribution < 1.29 is 14.6 Å². The Morgan fingerprint density at radius 1 is 1.07 bits per heavy atom. The van der Waals surface area contributed by atoms with Crippen LogP contribution in [0.2, 0.25) is 0 Å². The number of hydrogen-bond donors (Lipinski definition) is 3. The van der Waals surface area contributed by atoms with Gasteiger partial charge in [0.25, 0.3) is 0 Å². The number of nitrogens with zero attached hydrogens (tertiary/aromatic N) is 3. The third-order valence-electron chi connectivity index (χ3n) is 4.61. The number of amides is 1. The first-order chi connectivity index (χ1) is 14.2. The fourth-order valence-corrected chi connectivity index (χ4v) is 3.28. The molecule has 3 N–H and O–H groups in total. The van der Waals surface area contributed by atoms with E-state index < -0.39 is 6.09 Å². The van der Waals surface area contributed by atoms with Gasteiger partial charge in [0.2, 0.25) is 5.88 Å². The number of aromatic nitrogens is 2. The Hall–Kier alpha value is -3.81. The van der Waals surface area contributed by atoms with Crippen LogP contribution in [-0.4, -0.2) is 40.3 Å². The van der Waals surface area contributed by atoms with Gasteiger partial charge in [0.1, 0.15) is 17.3 Å². The SMILES string of the molecule is O=C(O)N[C@H]1CCN(c2cccnc2Oc2ccc(Nc3ccccn3)cc2)C1. The van der Waals surface area contributed by atoms with Gasteiger partial charge in [-0.3, -0.25) is 0 Å². The number of pyridine rings is 2. The molecular weight excluding hydrogens is 370 g/mol. The molecule has 3 aromatic rings. The van der Waals surface area contributed by atoms with Crippen LogP contribution in [0.5, 0.6) is 11.6 Å². The Bertz CT molecular complexity index is 966. The maximum absolute atomic E-state index is 10.9. The summed E-state index contributed by atoms with van der Waals surface area (Å²) in [4.78, 5) is 21.6. The van der Waals surface area contributed by atoms with E-state index in [1.54, 1.807) is 12.4 Å². The van der Waals surface area contributed by atoms with Crippen LogP contribution in [0.1, 0.15) is 6.42 Å². The van der Waals surface area contributed by atoms with Crippen molar-refractivity contribution in [3.63, 3.8) is 0 Å². The molecule has 1 aliphatic rings. The first kappa shape index (κ1) is 18.5. The second kappa shape index (κ2) is 8.47. The highest BCUT2D eigenvalue weighted by molar-refractivity contribution is 5.65. The predicted octanol–water partition coefficient (Wildman–Crippen LogP) is 3.86. The Labute approximate surface area is 168 Å². The number of rotatable bonds is 6. The number of benzene rings is 1. The summed E-state index contributed by atoms with van der Waals surface area (Å²) in [6, 6.07) is 16.9. The van der Waals surface area contributed by atoms with Crippen LogP contribution >= 0.6 is 0 Å². The van der Waals surface area contributed by atoms with Gasteiger partial charge in [-0.25, -0.2) is 14.8 Å². The normalized spacial score (nSPS) is 15.7. The average molecular weight is 391 g/mol. The molecule has 2 aromatic heterocycles. The van der Waals surface area contributed by atoms with Gasteiger partial charge >= 0.3 is 6.09 Å². The molecule has 1 atom stereocenters. The van der Waals surface area contributed by atoms with Crippen LogP contribution in [-0.2, 0) is 0 Å². The molecule has 1 amide bonds. The third-order valence-corrected chi connectivity index (χ3v) is 4.61. The number of carboxylic acid groups (broad SMARTS) is 1. The summed E-state index contributed by atoms with van der Waals surface area (Å²) in [6.45, 7) is 1.32. The van der Waals surface area contributed by atoms with Gasteiger partial charge < -0.3 is 25.4 Å². The van der Waals surface area contributed by atoms with Crippen molar-refractivity contribution in [2.45, 2.75) is 12.5 Å². The molecule has 0 radical (unpaired) electrons. The zero-order chi connectivity index (χ0) is 20.1. The van der Waals surface area contributed by atoms with Crippen molar-refractivity contribution in [1.82, 2.24) is 15.3 Å². The molecule has 29 heavy (non-hydrogen) atoms. The molecule has 1 fully saturated rings. The third kappa shape index (κ3) is 4.73.